The molecule has 1 aliphatic carbocycles. The summed E-state index contributed by atoms with van der Waals surface area (Å²) in [7, 11) is 0. The van der Waals surface area contributed by atoms with Crippen molar-refractivity contribution >= 4 is 22.8 Å². The lowest BCUT2D eigenvalue weighted by molar-refractivity contribution is 0.228. The van der Waals surface area contributed by atoms with E-state index in [1.807, 2.05) is 19.9 Å². The fraction of sp³-hybridized carbons (Fsp3) is 0.647. The minimum absolute atomic E-state index is 0.0848. The van der Waals surface area contributed by atoms with Gasteiger partial charge in [-0.05, 0) is 44.2 Å². The molecule has 2 aromatic rings. The average Bonchev–Trinajstić information content (AvgIpc) is 2.80. The SMILES string of the molecule is Cc1ccc2nc(C(C)Cl)n(CC3CCCCC3C)c2n1. The molecule has 1 fully saturated rings. The molecule has 0 amide bonds. The lowest BCUT2D eigenvalue weighted by Crippen LogP contribution is -2.23. The molecule has 0 aromatic carbocycles. The van der Waals surface area contributed by atoms with Crippen molar-refractivity contribution in [3.8, 4) is 0 Å². The van der Waals surface area contributed by atoms with Crippen molar-refractivity contribution < 1.29 is 0 Å². The van der Waals surface area contributed by atoms with Crippen LogP contribution in [0.1, 0.15) is 56.4 Å². The van der Waals surface area contributed by atoms with Gasteiger partial charge < -0.3 is 4.57 Å². The van der Waals surface area contributed by atoms with Crippen LogP contribution in [0.2, 0.25) is 0 Å². The van der Waals surface area contributed by atoms with Gasteiger partial charge in [0.2, 0.25) is 0 Å². The second-order valence-electron chi connectivity index (χ2n) is 6.51. The van der Waals surface area contributed by atoms with E-state index in [1.54, 1.807) is 0 Å². The Hall–Kier alpha value is -1.09. The molecule has 0 radical (unpaired) electrons. The van der Waals surface area contributed by atoms with Gasteiger partial charge in [-0.15, -0.1) is 11.6 Å². The third-order valence-corrected chi connectivity index (χ3v) is 5.02. The molecule has 3 nitrogen and oxygen atoms in total. The van der Waals surface area contributed by atoms with Gasteiger partial charge in [-0.25, -0.2) is 9.97 Å². The van der Waals surface area contributed by atoms with Gasteiger partial charge in [-0.1, -0.05) is 26.2 Å². The maximum atomic E-state index is 6.36. The second kappa shape index (κ2) is 5.96. The number of halogens is 1. The van der Waals surface area contributed by atoms with Crippen molar-refractivity contribution in [3.63, 3.8) is 0 Å². The molecular formula is C17H24ClN3. The van der Waals surface area contributed by atoms with E-state index in [2.05, 4.69) is 17.6 Å². The fourth-order valence-electron chi connectivity index (χ4n) is 3.50. The molecule has 3 atom stereocenters. The predicted molar refractivity (Wildman–Crippen MR) is 87.7 cm³/mol. The van der Waals surface area contributed by atoms with E-state index >= 15 is 0 Å². The Balaban J connectivity index is 2.02. The topological polar surface area (TPSA) is 30.7 Å². The highest BCUT2D eigenvalue weighted by atomic mass is 35.5. The molecule has 2 heterocycles. The Labute approximate surface area is 131 Å². The van der Waals surface area contributed by atoms with Gasteiger partial charge in [-0.2, -0.15) is 0 Å². The summed E-state index contributed by atoms with van der Waals surface area (Å²) in [5.74, 6) is 2.45. The number of fused-ring (bicyclic) bond motifs is 1. The first-order valence-electron chi connectivity index (χ1n) is 8.04. The van der Waals surface area contributed by atoms with Crippen LogP contribution in [-0.2, 0) is 6.54 Å². The van der Waals surface area contributed by atoms with E-state index in [-0.39, 0.29) is 5.38 Å². The smallest absolute Gasteiger partial charge is 0.160 e. The number of hydrogen-bond donors (Lipinski definition) is 0. The zero-order valence-electron chi connectivity index (χ0n) is 13.1. The maximum absolute atomic E-state index is 6.36. The van der Waals surface area contributed by atoms with Crippen LogP contribution in [-0.4, -0.2) is 14.5 Å². The standard InChI is InChI=1S/C17H24ClN3/c1-11-6-4-5-7-14(11)10-21-16(13(3)18)20-15-9-8-12(2)19-17(15)21/h8-9,11,13-14H,4-7,10H2,1-3H3. The Morgan fingerprint density at radius 3 is 2.76 bits per heavy atom. The van der Waals surface area contributed by atoms with E-state index in [9.17, 15) is 0 Å². The monoisotopic (exact) mass is 305 g/mol. The van der Waals surface area contributed by atoms with E-state index in [0.29, 0.717) is 5.92 Å². The summed E-state index contributed by atoms with van der Waals surface area (Å²) in [6.45, 7) is 7.41. The van der Waals surface area contributed by atoms with Crippen LogP contribution in [0.25, 0.3) is 11.2 Å². The normalized spacial score (nSPS) is 24.4. The number of hydrogen-bond acceptors (Lipinski definition) is 2. The second-order valence-corrected chi connectivity index (χ2v) is 7.17. The summed E-state index contributed by atoms with van der Waals surface area (Å²) in [4.78, 5) is 9.42. The lowest BCUT2D eigenvalue weighted by atomic mass is 9.80. The number of aromatic nitrogens is 3. The zero-order chi connectivity index (χ0) is 15.0. The molecule has 1 saturated carbocycles. The quantitative estimate of drug-likeness (QED) is 0.758. The molecule has 3 rings (SSSR count). The van der Waals surface area contributed by atoms with Gasteiger partial charge in [0.05, 0.1) is 5.38 Å². The van der Waals surface area contributed by atoms with E-state index in [0.717, 1.165) is 35.1 Å². The fourth-order valence-corrected chi connectivity index (χ4v) is 3.66. The van der Waals surface area contributed by atoms with Gasteiger partial charge >= 0.3 is 0 Å². The van der Waals surface area contributed by atoms with Crippen LogP contribution in [0.3, 0.4) is 0 Å². The van der Waals surface area contributed by atoms with Crippen molar-refractivity contribution in [2.75, 3.05) is 0 Å². The number of nitrogens with zero attached hydrogens (tertiary/aromatic N) is 3. The molecule has 21 heavy (non-hydrogen) atoms. The molecule has 0 spiro atoms. The molecule has 0 saturated heterocycles. The third kappa shape index (κ3) is 2.94. The highest BCUT2D eigenvalue weighted by molar-refractivity contribution is 6.20. The number of pyridine rings is 1. The minimum atomic E-state index is -0.0848. The Morgan fingerprint density at radius 2 is 2.05 bits per heavy atom. The van der Waals surface area contributed by atoms with Gasteiger partial charge in [0.1, 0.15) is 11.3 Å². The molecule has 1 aliphatic rings. The largest absolute Gasteiger partial charge is 0.311 e. The summed E-state index contributed by atoms with van der Waals surface area (Å²) in [5, 5.41) is -0.0848. The molecule has 0 aliphatic heterocycles. The first-order chi connectivity index (χ1) is 10.1. The van der Waals surface area contributed by atoms with Gasteiger partial charge in [-0.3, -0.25) is 0 Å². The Morgan fingerprint density at radius 1 is 1.29 bits per heavy atom. The first kappa shape index (κ1) is 14.8. The van der Waals surface area contributed by atoms with E-state index in [1.165, 1.54) is 25.7 Å². The van der Waals surface area contributed by atoms with Gasteiger partial charge in [0.25, 0.3) is 0 Å². The number of rotatable bonds is 3. The van der Waals surface area contributed by atoms with Gasteiger partial charge in [0, 0.05) is 12.2 Å². The van der Waals surface area contributed by atoms with Crippen molar-refractivity contribution in [2.24, 2.45) is 11.8 Å². The molecule has 4 heteroatoms. The van der Waals surface area contributed by atoms with Crippen molar-refractivity contribution in [1.29, 1.82) is 0 Å². The van der Waals surface area contributed by atoms with Crippen LogP contribution < -0.4 is 0 Å². The van der Waals surface area contributed by atoms with Crippen LogP contribution in [0.15, 0.2) is 12.1 Å². The molecule has 114 valence electrons. The Bertz CT molecular complexity index is 632. The number of imidazole rings is 1. The van der Waals surface area contributed by atoms with Crippen molar-refractivity contribution in [2.45, 2.75) is 58.4 Å². The maximum Gasteiger partial charge on any atom is 0.160 e. The van der Waals surface area contributed by atoms with Crippen LogP contribution in [0.4, 0.5) is 0 Å². The molecule has 0 N–H and O–H groups in total. The van der Waals surface area contributed by atoms with Crippen molar-refractivity contribution in [1.82, 2.24) is 14.5 Å². The van der Waals surface area contributed by atoms with E-state index in [4.69, 9.17) is 21.6 Å². The van der Waals surface area contributed by atoms with Crippen LogP contribution >= 0.6 is 11.6 Å². The van der Waals surface area contributed by atoms with Gasteiger partial charge in [0.15, 0.2) is 5.65 Å². The number of aryl methyl sites for hydroxylation is 1. The highest BCUT2D eigenvalue weighted by Crippen LogP contribution is 2.33. The molecular weight excluding hydrogens is 282 g/mol. The van der Waals surface area contributed by atoms with Crippen LogP contribution in [0, 0.1) is 18.8 Å². The van der Waals surface area contributed by atoms with Crippen molar-refractivity contribution in [3.05, 3.63) is 23.7 Å². The summed E-state index contributed by atoms with van der Waals surface area (Å²) in [6, 6.07) is 4.08. The zero-order valence-corrected chi connectivity index (χ0v) is 13.9. The summed E-state index contributed by atoms with van der Waals surface area (Å²) in [6.07, 6.45) is 5.37. The first-order valence-corrected chi connectivity index (χ1v) is 8.47. The predicted octanol–water partition coefficient (Wildman–Crippen LogP) is 4.87. The average molecular weight is 306 g/mol. The molecule has 2 aromatic heterocycles. The molecule has 0 bridgehead atoms. The third-order valence-electron chi connectivity index (χ3n) is 4.82. The minimum Gasteiger partial charge on any atom is -0.311 e. The van der Waals surface area contributed by atoms with E-state index < -0.39 is 0 Å². The Kier molecular flexibility index (Phi) is 4.21. The lowest BCUT2D eigenvalue weighted by Gasteiger charge is -2.29. The summed E-state index contributed by atoms with van der Waals surface area (Å²) < 4.78 is 2.27. The number of alkyl halides is 1. The summed E-state index contributed by atoms with van der Waals surface area (Å²) >= 11 is 6.36. The summed E-state index contributed by atoms with van der Waals surface area (Å²) in [5.41, 5.74) is 3.00. The molecule has 3 unspecified atom stereocenters. The highest BCUT2D eigenvalue weighted by Gasteiger charge is 2.25. The van der Waals surface area contributed by atoms with Crippen LogP contribution in [0.5, 0.6) is 0 Å².